The number of carbonyl (C=O) groups excluding carboxylic acids is 2. The van der Waals surface area contributed by atoms with Crippen molar-refractivity contribution in [2.75, 3.05) is 6.54 Å². The minimum Gasteiger partial charge on any atom is -0.368 e. The third-order valence-corrected chi connectivity index (χ3v) is 6.06. The number of fused-ring (bicyclic) bond motifs is 4. The van der Waals surface area contributed by atoms with Gasteiger partial charge in [-0.3, -0.25) is 4.79 Å². The van der Waals surface area contributed by atoms with Crippen molar-refractivity contribution in [3.8, 4) is 10.4 Å². The Balaban J connectivity index is 1.89. The molecule has 2 N–H and O–H groups in total. The fourth-order valence-electron chi connectivity index (χ4n) is 3.53. The van der Waals surface area contributed by atoms with Crippen LogP contribution in [0.4, 0.5) is 18.0 Å². The van der Waals surface area contributed by atoms with Gasteiger partial charge in [0.15, 0.2) is 0 Å². The van der Waals surface area contributed by atoms with Crippen LogP contribution >= 0.6 is 24.2 Å². The second kappa shape index (κ2) is 6.14. The number of amides is 3. The van der Waals surface area contributed by atoms with Crippen molar-refractivity contribution in [3.05, 3.63) is 46.3 Å². The van der Waals surface area contributed by atoms with Gasteiger partial charge in [-0.15, -0.1) is 11.3 Å². The summed E-state index contributed by atoms with van der Waals surface area (Å²) < 4.78 is 45.0. The summed E-state index contributed by atoms with van der Waals surface area (Å²) in [5.41, 5.74) is 5.24. The molecule has 0 aliphatic carbocycles. The summed E-state index contributed by atoms with van der Waals surface area (Å²) in [6.45, 7) is 0.136. The van der Waals surface area contributed by atoms with E-state index in [1.165, 1.54) is 23.1 Å². The number of alkyl halides is 3. The number of primary amides is 1. The van der Waals surface area contributed by atoms with E-state index in [2.05, 4.69) is 12.9 Å². The summed E-state index contributed by atoms with van der Waals surface area (Å²) in [6, 6.07) is 4.54. The number of halogens is 3. The first kappa shape index (κ1) is 18.1. The SMILES string of the molecule is NC(=O)C1c2sc(-c3ccccc3C(F)(F)F)cc2C2CN1C(=O)N2OS. The highest BCUT2D eigenvalue weighted by Crippen LogP contribution is 2.50. The number of benzene rings is 1. The fourth-order valence-corrected chi connectivity index (χ4v) is 5.09. The largest absolute Gasteiger partial charge is 0.417 e. The van der Waals surface area contributed by atoms with Gasteiger partial charge in [0, 0.05) is 28.2 Å². The van der Waals surface area contributed by atoms with Crippen LogP contribution in [-0.4, -0.2) is 28.4 Å². The van der Waals surface area contributed by atoms with Gasteiger partial charge < -0.3 is 10.6 Å². The maximum Gasteiger partial charge on any atom is 0.417 e. The van der Waals surface area contributed by atoms with E-state index in [1.807, 2.05) is 0 Å². The number of nitrogens with two attached hydrogens (primary N) is 1. The van der Waals surface area contributed by atoms with Gasteiger partial charge in [-0.2, -0.15) is 18.2 Å². The average molecular weight is 415 g/mol. The minimum atomic E-state index is -4.52. The van der Waals surface area contributed by atoms with Crippen LogP contribution in [0.5, 0.6) is 0 Å². The molecule has 1 aromatic carbocycles. The molecule has 2 unspecified atom stereocenters. The molecule has 2 atom stereocenters. The molecule has 2 aliphatic rings. The van der Waals surface area contributed by atoms with Crippen molar-refractivity contribution in [1.82, 2.24) is 9.96 Å². The van der Waals surface area contributed by atoms with Crippen LogP contribution < -0.4 is 5.73 Å². The first-order valence-electron chi connectivity index (χ1n) is 7.75. The average Bonchev–Trinajstić information content (AvgIpc) is 3.16. The molecule has 6 nitrogen and oxygen atoms in total. The zero-order chi connectivity index (χ0) is 19.5. The molecule has 0 saturated carbocycles. The van der Waals surface area contributed by atoms with Crippen LogP contribution in [0, 0.1) is 0 Å². The third kappa shape index (κ3) is 2.68. The number of hydrogen-bond acceptors (Lipinski definition) is 5. The fraction of sp³-hybridized carbons (Fsp3) is 0.250. The number of hydrogen-bond donors (Lipinski definition) is 2. The zero-order valence-corrected chi connectivity index (χ0v) is 15.1. The van der Waals surface area contributed by atoms with Gasteiger partial charge in [-0.1, -0.05) is 18.2 Å². The van der Waals surface area contributed by atoms with Gasteiger partial charge in [-0.25, -0.2) is 9.08 Å². The molecule has 3 heterocycles. The molecule has 142 valence electrons. The lowest BCUT2D eigenvalue weighted by molar-refractivity contribution is -0.137. The van der Waals surface area contributed by atoms with Crippen LogP contribution in [0.15, 0.2) is 30.3 Å². The second-order valence-corrected chi connectivity index (χ2v) is 7.38. The predicted molar refractivity (Wildman–Crippen MR) is 93.4 cm³/mol. The van der Waals surface area contributed by atoms with Crippen molar-refractivity contribution in [1.29, 1.82) is 0 Å². The Morgan fingerprint density at radius 1 is 1.33 bits per heavy atom. The van der Waals surface area contributed by atoms with Gasteiger partial charge in [-0.05, 0) is 17.7 Å². The Bertz CT molecular complexity index is 946. The lowest BCUT2D eigenvalue weighted by Crippen LogP contribution is -2.40. The van der Waals surface area contributed by atoms with E-state index in [9.17, 15) is 22.8 Å². The van der Waals surface area contributed by atoms with Crippen LogP contribution in [0.2, 0.25) is 0 Å². The number of hydroxylamine groups is 2. The third-order valence-electron chi connectivity index (χ3n) is 4.65. The molecule has 1 saturated heterocycles. The van der Waals surface area contributed by atoms with Gasteiger partial charge in [0.1, 0.15) is 12.1 Å². The van der Waals surface area contributed by atoms with Crippen LogP contribution in [-0.2, 0) is 15.3 Å². The highest BCUT2D eigenvalue weighted by atomic mass is 32.1. The van der Waals surface area contributed by atoms with Gasteiger partial charge >= 0.3 is 12.2 Å². The van der Waals surface area contributed by atoms with E-state index >= 15 is 0 Å². The van der Waals surface area contributed by atoms with E-state index in [1.54, 1.807) is 6.07 Å². The predicted octanol–water partition coefficient (Wildman–Crippen LogP) is 3.53. The normalized spacial score (nSPS) is 21.6. The minimum absolute atomic E-state index is 0.00293. The number of thiol groups is 1. The summed E-state index contributed by atoms with van der Waals surface area (Å²) in [7, 11) is 0. The van der Waals surface area contributed by atoms with Crippen molar-refractivity contribution >= 4 is 36.2 Å². The van der Waals surface area contributed by atoms with E-state index in [0.29, 0.717) is 15.3 Å². The molecular formula is C16H12F3N3O3S2. The molecular weight excluding hydrogens is 403 g/mol. The molecule has 2 aliphatic heterocycles. The van der Waals surface area contributed by atoms with Crippen molar-refractivity contribution < 1.29 is 27.0 Å². The second-order valence-electron chi connectivity index (χ2n) is 6.14. The summed E-state index contributed by atoms with van der Waals surface area (Å²) in [6.07, 6.45) is -4.52. The van der Waals surface area contributed by atoms with E-state index in [4.69, 9.17) is 10.0 Å². The molecule has 1 fully saturated rings. The van der Waals surface area contributed by atoms with Gasteiger partial charge in [0.05, 0.1) is 12.1 Å². The molecule has 0 spiro atoms. The van der Waals surface area contributed by atoms with E-state index in [0.717, 1.165) is 22.5 Å². The molecule has 27 heavy (non-hydrogen) atoms. The Labute approximate surface area is 160 Å². The number of nitrogens with zero attached hydrogens (tertiary/aromatic N) is 2. The van der Waals surface area contributed by atoms with E-state index in [-0.39, 0.29) is 12.1 Å². The molecule has 0 radical (unpaired) electrons. The molecule has 2 aromatic rings. The van der Waals surface area contributed by atoms with Gasteiger partial charge in [0.2, 0.25) is 5.91 Å². The van der Waals surface area contributed by atoms with Crippen LogP contribution in [0.3, 0.4) is 0 Å². The summed E-state index contributed by atoms with van der Waals surface area (Å²) in [5, 5.41) is 0.983. The topological polar surface area (TPSA) is 75.9 Å². The Hall–Kier alpha value is -2.24. The zero-order valence-electron chi connectivity index (χ0n) is 13.4. The Morgan fingerprint density at radius 2 is 2.04 bits per heavy atom. The summed E-state index contributed by atoms with van der Waals surface area (Å²) in [5.74, 6) is -0.762. The van der Waals surface area contributed by atoms with Crippen molar-refractivity contribution in [2.45, 2.75) is 18.3 Å². The standard InChI is InChI=1S/C16H12F3N3O3S2/c17-16(18,19)9-4-2-1-3-7(9)11-5-8-10-6-21(15(24)22(10)25-26)12(14(20)23)13(8)27-11/h1-5,10,12,26H,6H2,(H2,20,23). The Morgan fingerprint density at radius 3 is 2.67 bits per heavy atom. The van der Waals surface area contributed by atoms with Gasteiger partial charge in [0.25, 0.3) is 0 Å². The molecule has 2 bridgehead atoms. The quantitative estimate of drug-likeness (QED) is 0.595. The molecule has 4 rings (SSSR count). The number of thiophene rings is 1. The monoisotopic (exact) mass is 415 g/mol. The number of rotatable bonds is 3. The van der Waals surface area contributed by atoms with Crippen LogP contribution in [0.25, 0.3) is 10.4 Å². The first-order valence-corrected chi connectivity index (χ1v) is 8.93. The number of urea groups is 1. The number of carbonyl (C=O) groups is 2. The first-order chi connectivity index (χ1) is 12.7. The molecule has 1 aromatic heterocycles. The van der Waals surface area contributed by atoms with Crippen molar-refractivity contribution in [3.63, 3.8) is 0 Å². The molecule has 3 amide bonds. The van der Waals surface area contributed by atoms with Crippen molar-refractivity contribution in [2.24, 2.45) is 5.73 Å². The Kier molecular flexibility index (Phi) is 4.13. The summed E-state index contributed by atoms with van der Waals surface area (Å²) >= 11 is 4.69. The molecule has 11 heteroatoms. The lowest BCUT2D eigenvalue weighted by Gasteiger charge is -2.27. The highest BCUT2D eigenvalue weighted by molar-refractivity contribution is 7.75. The maximum absolute atomic E-state index is 13.4. The highest BCUT2D eigenvalue weighted by Gasteiger charge is 2.51. The van der Waals surface area contributed by atoms with Crippen LogP contribution in [0.1, 0.15) is 28.1 Å². The maximum atomic E-state index is 13.4. The smallest absolute Gasteiger partial charge is 0.368 e. The van der Waals surface area contributed by atoms with E-state index < -0.39 is 35.8 Å². The lowest BCUT2D eigenvalue weighted by atomic mass is 9.97. The summed E-state index contributed by atoms with van der Waals surface area (Å²) in [4.78, 5) is 26.4.